The van der Waals surface area contributed by atoms with Crippen molar-refractivity contribution in [2.75, 3.05) is 5.32 Å². The van der Waals surface area contributed by atoms with Gasteiger partial charge in [-0.1, -0.05) is 12.1 Å². The van der Waals surface area contributed by atoms with Crippen LogP contribution in [0.5, 0.6) is 5.75 Å². The Morgan fingerprint density at radius 2 is 1.81 bits per heavy atom. The molecule has 1 aliphatic heterocycles. The van der Waals surface area contributed by atoms with Gasteiger partial charge in [0.1, 0.15) is 5.75 Å². The van der Waals surface area contributed by atoms with Crippen molar-refractivity contribution in [3.8, 4) is 5.75 Å². The van der Waals surface area contributed by atoms with Crippen molar-refractivity contribution >= 4 is 17.4 Å². The van der Waals surface area contributed by atoms with Crippen LogP contribution in [0.1, 0.15) is 20.7 Å². The SMILES string of the molecule is O=C(O)c1ccc(NC=C2Oc3ccccc3C2=O)cc1. The van der Waals surface area contributed by atoms with Crippen LogP contribution in [0.4, 0.5) is 5.69 Å². The summed E-state index contributed by atoms with van der Waals surface area (Å²) in [5.74, 6) is -0.416. The van der Waals surface area contributed by atoms with E-state index in [2.05, 4.69) is 5.32 Å². The van der Waals surface area contributed by atoms with Crippen LogP contribution in [0.3, 0.4) is 0 Å². The Kier molecular flexibility index (Phi) is 3.16. The molecule has 0 saturated carbocycles. The molecule has 0 bridgehead atoms. The summed E-state index contributed by atoms with van der Waals surface area (Å²) in [5.41, 5.74) is 1.40. The summed E-state index contributed by atoms with van der Waals surface area (Å²) in [7, 11) is 0. The first-order chi connectivity index (χ1) is 10.1. The maximum Gasteiger partial charge on any atom is 0.335 e. The molecule has 0 spiro atoms. The van der Waals surface area contributed by atoms with E-state index in [0.29, 0.717) is 17.0 Å². The van der Waals surface area contributed by atoms with Gasteiger partial charge in [-0.25, -0.2) is 4.79 Å². The van der Waals surface area contributed by atoms with Crippen molar-refractivity contribution in [2.45, 2.75) is 0 Å². The molecule has 0 atom stereocenters. The summed E-state index contributed by atoms with van der Waals surface area (Å²) >= 11 is 0. The number of hydrogen-bond donors (Lipinski definition) is 2. The highest BCUT2D eigenvalue weighted by molar-refractivity contribution is 6.12. The second kappa shape index (κ2) is 5.13. The minimum atomic E-state index is -0.982. The molecule has 1 aliphatic rings. The van der Waals surface area contributed by atoms with Gasteiger partial charge in [0.2, 0.25) is 5.78 Å². The van der Waals surface area contributed by atoms with E-state index in [0.717, 1.165) is 0 Å². The molecule has 21 heavy (non-hydrogen) atoms. The summed E-state index contributed by atoms with van der Waals surface area (Å²) in [4.78, 5) is 22.8. The second-order valence-corrected chi connectivity index (χ2v) is 4.46. The van der Waals surface area contributed by atoms with E-state index >= 15 is 0 Å². The van der Waals surface area contributed by atoms with Gasteiger partial charge in [0.25, 0.3) is 0 Å². The molecule has 0 fully saturated rings. The summed E-state index contributed by atoms with van der Waals surface area (Å²) in [6, 6.07) is 13.2. The Labute approximate surface area is 120 Å². The number of nitrogens with one attached hydrogen (secondary N) is 1. The predicted octanol–water partition coefficient (Wildman–Crippen LogP) is 2.91. The summed E-state index contributed by atoms with van der Waals surface area (Å²) in [6.45, 7) is 0. The number of allylic oxidation sites excluding steroid dienone is 1. The summed E-state index contributed by atoms with van der Waals surface area (Å²) in [6.07, 6.45) is 1.47. The van der Waals surface area contributed by atoms with Crippen LogP contribution >= 0.6 is 0 Å². The van der Waals surface area contributed by atoms with Crippen LogP contribution in [-0.2, 0) is 0 Å². The van der Waals surface area contributed by atoms with Gasteiger partial charge < -0.3 is 15.2 Å². The third-order valence-electron chi connectivity index (χ3n) is 3.08. The molecule has 1 heterocycles. The number of Topliss-reactive ketones (excluding diaryl/α,β-unsaturated/α-hetero) is 1. The number of hydrogen-bond acceptors (Lipinski definition) is 4. The first kappa shape index (κ1) is 12.9. The Morgan fingerprint density at radius 1 is 1.10 bits per heavy atom. The number of aromatic carboxylic acids is 1. The Balaban J connectivity index is 1.76. The van der Waals surface area contributed by atoms with Crippen molar-refractivity contribution in [3.05, 3.63) is 71.6 Å². The molecule has 2 N–H and O–H groups in total. The number of carbonyl (C=O) groups excluding carboxylic acids is 1. The molecule has 0 aromatic heterocycles. The lowest BCUT2D eigenvalue weighted by atomic mass is 10.1. The molecule has 0 amide bonds. The largest absolute Gasteiger partial charge is 0.478 e. The number of carboxylic acid groups (broad SMARTS) is 1. The van der Waals surface area contributed by atoms with Crippen molar-refractivity contribution < 1.29 is 19.4 Å². The smallest absolute Gasteiger partial charge is 0.335 e. The van der Waals surface area contributed by atoms with E-state index in [1.165, 1.54) is 18.3 Å². The third kappa shape index (κ3) is 2.49. The molecule has 5 heteroatoms. The number of anilines is 1. The van der Waals surface area contributed by atoms with E-state index < -0.39 is 5.97 Å². The average molecular weight is 281 g/mol. The molecule has 0 aliphatic carbocycles. The van der Waals surface area contributed by atoms with Crippen LogP contribution in [0.25, 0.3) is 0 Å². The van der Waals surface area contributed by atoms with Gasteiger partial charge >= 0.3 is 5.97 Å². The number of carboxylic acids is 1. The molecule has 5 nitrogen and oxygen atoms in total. The van der Waals surface area contributed by atoms with Gasteiger partial charge in [0, 0.05) is 11.9 Å². The number of rotatable bonds is 3. The zero-order chi connectivity index (χ0) is 14.8. The van der Waals surface area contributed by atoms with E-state index in [9.17, 15) is 9.59 Å². The van der Waals surface area contributed by atoms with Crippen LogP contribution in [0.15, 0.2) is 60.5 Å². The van der Waals surface area contributed by atoms with E-state index in [4.69, 9.17) is 9.84 Å². The van der Waals surface area contributed by atoms with Crippen molar-refractivity contribution in [3.63, 3.8) is 0 Å². The van der Waals surface area contributed by atoms with Crippen molar-refractivity contribution in [1.82, 2.24) is 0 Å². The lowest BCUT2D eigenvalue weighted by Crippen LogP contribution is -2.02. The maximum absolute atomic E-state index is 12.1. The Bertz CT molecular complexity index is 747. The zero-order valence-electron chi connectivity index (χ0n) is 10.9. The fraction of sp³-hybridized carbons (Fsp3) is 0. The van der Waals surface area contributed by atoms with Crippen LogP contribution < -0.4 is 10.1 Å². The van der Waals surface area contributed by atoms with Gasteiger partial charge in [-0.2, -0.15) is 0 Å². The normalized spacial score (nSPS) is 14.7. The minimum absolute atomic E-state index is 0.180. The molecule has 0 radical (unpaired) electrons. The molecule has 104 valence electrons. The molecule has 0 saturated heterocycles. The summed E-state index contributed by atoms with van der Waals surface area (Å²) in [5, 5.41) is 11.7. The second-order valence-electron chi connectivity index (χ2n) is 4.46. The molecule has 0 unspecified atom stereocenters. The summed E-state index contributed by atoms with van der Waals surface area (Å²) < 4.78 is 5.46. The fourth-order valence-electron chi connectivity index (χ4n) is 1.99. The Morgan fingerprint density at radius 3 is 2.48 bits per heavy atom. The van der Waals surface area contributed by atoms with Crippen molar-refractivity contribution in [2.24, 2.45) is 0 Å². The first-order valence-corrected chi connectivity index (χ1v) is 6.27. The minimum Gasteiger partial charge on any atom is -0.478 e. The molecular weight excluding hydrogens is 270 g/mol. The highest BCUT2D eigenvalue weighted by atomic mass is 16.5. The monoisotopic (exact) mass is 281 g/mol. The molecule has 2 aromatic rings. The number of fused-ring (bicyclic) bond motifs is 1. The van der Waals surface area contributed by atoms with Gasteiger partial charge in [-0.15, -0.1) is 0 Å². The van der Waals surface area contributed by atoms with Gasteiger partial charge in [0.05, 0.1) is 11.1 Å². The van der Waals surface area contributed by atoms with Gasteiger partial charge in [-0.05, 0) is 36.4 Å². The standard InChI is InChI=1S/C16H11NO4/c18-15-12-3-1-2-4-13(12)21-14(15)9-17-11-7-5-10(6-8-11)16(19)20/h1-9,17H,(H,19,20). The van der Waals surface area contributed by atoms with Gasteiger partial charge in [-0.3, -0.25) is 4.79 Å². The highest BCUT2D eigenvalue weighted by Crippen LogP contribution is 2.30. The first-order valence-electron chi connectivity index (χ1n) is 6.27. The molecule has 2 aromatic carbocycles. The zero-order valence-corrected chi connectivity index (χ0v) is 10.9. The number of carbonyl (C=O) groups is 2. The van der Waals surface area contributed by atoms with Crippen LogP contribution in [0.2, 0.25) is 0 Å². The number of ether oxygens (including phenoxy) is 1. The third-order valence-corrected chi connectivity index (χ3v) is 3.08. The van der Waals surface area contributed by atoms with Crippen LogP contribution in [0, 0.1) is 0 Å². The van der Waals surface area contributed by atoms with Crippen LogP contribution in [-0.4, -0.2) is 16.9 Å². The fourth-order valence-corrected chi connectivity index (χ4v) is 1.99. The molecule has 3 rings (SSSR count). The number of ketones is 1. The quantitative estimate of drug-likeness (QED) is 0.846. The van der Waals surface area contributed by atoms with Crippen molar-refractivity contribution in [1.29, 1.82) is 0 Å². The maximum atomic E-state index is 12.1. The lowest BCUT2D eigenvalue weighted by Gasteiger charge is -2.02. The highest BCUT2D eigenvalue weighted by Gasteiger charge is 2.26. The number of benzene rings is 2. The predicted molar refractivity (Wildman–Crippen MR) is 76.5 cm³/mol. The van der Waals surface area contributed by atoms with E-state index in [-0.39, 0.29) is 17.1 Å². The number of para-hydroxylation sites is 1. The lowest BCUT2D eigenvalue weighted by molar-refractivity contribution is 0.0696. The van der Waals surface area contributed by atoms with E-state index in [1.54, 1.807) is 36.4 Å². The van der Waals surface area contributed by atoms with Gasteiger partial charge in [0.15, 0.2) is 5.76 Å². The average Bonchev–Trinajstić information content (AvgIpc) is 2.82. The Hall–Kier alpha value is -3.08. The molecular formula is C16H11NO4. The topological polar surface area (TPSA) is 75.6 Å². The van der Waals surface area contributed by atoms with E-state index in [1.807, 2.05) is 0 Å².